The lowest BCUT2D eigenvalue weighted by Crippen LogP contribution is -2.29. The number of nitrogens with two attached hydrogens (primary N) is 1. The molecule has 0 atom stereocenters. The van der Waals surface area contributed by atoms with Crippen molar-refractivity contribution in [2.24, 2.45) is 25.8 Å². The summed E-state index contributed by atoms with van der Waals surface area (Å²) in [6.07, 6.45) is -0.683. The molecule has 1 aliphatic heterocycles. The smallest absolute Gasteiger partial charge is 0.406 e. The van der Waals surface area contributed by atoms with Crippen LogP contribution in [0.5, 0.6) is 5.75 Å². The van der Waals surface area contributed by atoms with E-state index in [4.69, 9.17) is 15.8 Å². The fourth-order valence-electron chi connectivity index (χ4n) is 3.77. The first-order chi connectivity index (χ1) is 19.2. The van der Waals surface area contributed by atoms with Gasteiger partial charge in [0.1, 0.15) is 17.9 Å². The molecule has 0 unspecified atom stereocenters. The first-order valence-electron chi connectivity index (χ1n) is 12.6. The lowest BCUT2D eigenvalue weighted by Gasteiger charge is -2.25. The molecule has 208 valence electrons. The number of para-hydroxylation sites is 1. The zero-order valence-electron chi connectivity index (χ0n) is 22.0. The molecule has 4 rings (SSSR count). The average Bonchev–Trinajstić information content (AvgIpc) is 2.93. The van der Waals surface area contributed by atoms with Crippen LogP contribution in [-0.4, -0.2) is 47.2 Å². The number of hydrazone groups is 1. The van der Waals surface area contributed by atoms with Crippen LogP contribution < -0.4 is 10.5 Å². The van der Waals surface area contributed by atoms with Gasteiger partial charge in [0.05, 0.1) is 17.6 Å². The van der Waals surface area contributed by atoms with Gasteiger partial charge in [-0.05, 0) is 53.8 Å². The number of halogens is 3. The second-order valence-electron chi connectivity index (χ2n) is 9.10. The number of alkyl halides is 3. The van der Waals surface area contributed by atoms with Crippen molar-refractivity contribution >= 4 is 46.7 Å². The minimum Gasteiger partial charge on any atom is -0.406 e. The summed E-state index contributed by atoms with van der Waals surface area (Å²) in [4.78, 5) is 13.1. The quantitative estimate of drug-likeness (QED) is 0.230. The Morgan fingerprint density at radius 1 is 1.02 bits per heavy atom. The number of rotatable bonds is 8. The summed E-state index contributed by atoms with van der Waals surface area (Å²) in [7, 11) is 0. The van der Waals surface area contributed by atoms with Gasteiger partial charge >= 0.3 is 6.36 Å². The maximum absolute atomic E-state index is 12.3. The van der Waals surface area contributed by atoms with E-state index < -0.39 is 6.36 Å². The Hall–Kier alpha value is -4.12. The number of aliphatic imine (C=N–C) groups is 3. The summed E-state index contributed by atoms with van der Waals surface area (Å²) < 4.78 is 40.7. The molecule has 3 aromatic rings. The largest absolute Gasteiger partial charge is 0.573 e. The zero-order chi connectivity index (χ0) is 28.5. The van der Waals surface area contributed by atoms with Gasteiger partial charge in [-0.15, -0.1) is 13.2 Å². The van der Waals surface area contributed by atoms with Crippen molar-refractivity contribution in [2.45, 2.75) is 32.5 Å². The summed E-state index contributed by atoms with van der Waals surface area (Å²) in [5.41, 5.74) is 10.2. The van der Waals surface area contributed by atoms with E-state index in [0.29, 0.717) is 17.2 Å². The Labute approximate surface area is 235 Å². The molecule has 1 aliphatic rings. The van der Waals surface area contributed by atoms with E-state index in [9.17, 15) is 13.2 Å². The fraction of sp³-hybridized carbons (Fsp3) is 0.241. The monoisotopic (exact) mass is 566 g/mol. The van der Waals surface area contributed by atoms with Crippen molar-refractivity contribution in [3.63, 3.8) is 0 Å². The molecule has 0 aliphatic carbocycles. The predicted octanol–water partition coefficient (Wildman–Crippen LogP) is 7.23. The molecular weight excluding hydrogens is 537 g/mol. The van der Waals surface area contributed by atoms with Crippen LogP contribution in [0.1, 0.15) is 42.9 Å². The van der Waals surface area contributed by atoms with Crippen molar-refractivity contribution < 1.29 is 17.9 Å². The van der Waals surface area contributed by atoms with Crippen LogP contribution in [0.3, 0.4) is 0 Å². The highest BCUT2D eigenvalue weighted by atomic mass is 32.2. The molecule has 0 spiro atoms. The van der Waals surface area contributed by atoms with Crippen molar-refractivity contribution in [3.8, 4) is 5.75 Å². The standard InChI is InChI=1S/C29H29F3N6OS/c1-20(2)25-6-3-4-7-26(25)37-28-38(16-5-17-40-28)36-18-21-8-10-22(11-9-21)27(33)35-19-34-23-12-14-24(15-13-23)39-29(30,31)32/h3-4,6-15,18-20H,5,16-17H2,1-2H3,(H2,33,34,35)/b36-18-,37-28?. The van der Waals surface area contributed by atoms with Gasteiger partial charge in [-0.2, -0.15) is 5.10 Å². The Kier molecular flexibility index (Phi) is 9.60. The van der Waals surface area contributed by atoms with E-state index in [1.165, 1.54) is 36.2 Å². The highest BCUT2D eigenvalue weighted by molar-refractivity contribution is 8.13. The van der Waals surface area contributed by atoms with E-state index in [2.05, 4.69) is 34.6 Å². The topological polar surface area (TPSA) is 87.9 Å². The molecule has 11 heteroatoms. The first kappa shape index (κ1) is 28.9. The molecule has 3 aromatic carbocycles. The second kappa shape index (κ2) is 13.3. The summed E-state index contributed by atoms with van der Waals surface area (Å²) in [5, 5.41) is 7.51. The maximum atomic E-state index is 12.3. The predicted molar refractivity (Wildman–Crippen MR) is 157 cm³/mol. The normalized spacial score (nSPS) is 16.0. The molecule has 7 nitrogen and oxygen atoms in total. The number of benzene rings is 3. The van der Waals surface area contributed by atoms with Crippen LogP contribution in [0.4, 0.5) is 24.5 Å². The summed E-state index contributed by atoms with van der Waals surface area (Å²) >= 11 is 1.70. The maximum Gasteiger partial charge on any atom is 0.573 e. The SMILES string of the molecule is CC(C)c1ccccc1N=C1SCCCN1/N=C\c1ccc(C(N)=NC=Nc2ccc(OC(F)(F)F)cc2)cc1. The third kappa shape index (κ3) is 8.44. The molecule has 40 heavy (non-hydrogen) atoms. The van der Waals surface area contributed by atoms with E-state index in [1.807, 2.05) is 47.5 Å². The van der Waals surface area contributed by atoms with Gasteiger partial charge < -0.3 is 10.5 Å². The molecular formula is C29H29F3N6OS. The Morgan fingerprint density at radius 3 is 2.45 bits per heavy atom. The second-order valence-corrected chi connectivity index (χ2v) is 10.2. The molecule has 0 amide bonds. The average molecular weight is 567 g/mol. The summed E-state index contributed by atoms with van der Waals surface area (Å²) in [5.74, 6) is 1.30. The molecule has 1 fully saturated rings. The summed E-state index contributed by atoms with van der Waals surface area (Å²) in [6, 6.07) is 20.8. The van der Waals surface area contributed by atoms with Gasteiger partial charge in [-0.3, -0.25) is 0 Å². The molecule has 0 saturated carbocycles. The van der Waals surface area contributed by atoms with Crippen LogP contribution in [0.15, 0.2) is 92.9 Å². The molecule has 0 radical (unpaired) electrons. The molecule has 1 saturated heterocycles. The number of hydrogen-bond donors (Lipinski definition) is 1. The zero-order valence-corrected chi connectivity index (χ0v) is 22.9. The number of thioether (sulfide) groups is 1. The third-order valence-electron chi connectivity index (χ3n) is 5.77. The van der Waals surface area contributed by atoms with Gasteiger partial charge in [0.2, 0.25) is 0 Å². The van der Waals surface area contributed by atoms with Crippen LogP contribution >= 0.6 is 11.8 Å². The number of hydrogen-bond acceptors (Lipinski definition) is 5. The minimum absolute atomic E-state index is 0.245. The van der Waals surface area contributed by atoms with Gasteiger partial charge in [0, 0.05) is 17.9 Å². The highest BCUT2D eigenvalue weighted by Crippen LogP contribution is 2.29. The number of nitrogens with zero attached hydrogens (tertiary/aromatic N) is 5. The van der Waals surface area contributed by atoms with Crippen molar-refractivity contribution in [2.75, 3.05) is 12.3 Å². The lowest BCUT2D eigenvalue weighted by atomic mass is 10.0. The van der Waals surface area contributed by atoms with Gasteiger partial charge in [0.15, 0.2) is 5.17 Å². The van der Waals surface area contributed by atoms with Crippen molar-refractivity contribution in [1.29, 1.82) is 0 Å². The summed E-state index contributed by atoms with van der Waals surface area (Å²) in [6.45, 7) is 5.12. The third-order valence-corrected chi connectivity index (χ3v) is 6.82. The number of amidine groups is 2. The van der Waals surface area contributed by atoms with Crippen LogP contribution in [0.25, 0.3) is 0 Å². The van der Waals surface area contributed by atoms with E-state index in [1.54, 1.807) is 18.0 Å². The van der Waals surface area contributed by atoms with Gasteiger partial charge in [0.25, 0.3) is 0 Å². The molecule has 2 N–H and O–H groups in total. The van der Waals surface area contributed by atoms with Gasteiger partial charge in [-0.1, -0.05) is 68.1 Å². The first-order valence-corrected chi connectivity index (χ1v) is 13.6. The van der Waals surface area contributed by atoms with Gasteiger partial charge in [-0.25, -0.2) is 20.0 Å². The van der Waals surface area contributed by atoms with Crippen molar-refractivity contribution in [3.05, 3.63) is 89.5 Å². The van der Waals surface area contributed by atoms with Crippen LogP contribution in [0.2, 0.25) is 0 Å². The molecule has 0 aromatic heterocycles. The highest BCUT2D eigenvalue weighted by Gasteiger charge is 2.30. The lowest BCUT2D eigenvalue weighted by molar-refractivity contribution is -0.274. The van der Waals surface area contributed by atoms with E-state index >= 15 is 0 Å². The van der Waals surface area contributed by atoms with Crippen LogP contribution in [-0.2, 0) is 0 Å². The number of ether oxygens (including phenoxy) is 1. The minimum atomic E-state index is -4.74. The Balaban J connectivity index is 1.39. The Morgan fingerprint density at radius 2 is 1.75 bits per heavy atom. The van der Waals surface area contributed by atoms with E-state index in [0.717, 1.165) is 35.1 Å². The molecule has 0 bridgehead atoms. The van der Waals surface area contributed by atoms with Crippen molar-refractivity contribution in [1.82, 2.24) is 5.01 Å². The fourth-order valence-corrected chi connectivity index (χ4v) is 4.67. The van der Waals surface area contributed by atoms with Crippen LogP contribution in [0, 0.1) is 0 Å². The Bertz CT molecular complexity index is 1400. The van der Waals surface area contributed by atoms with E-state index in [-0.39, 0.29) is 11.6 Å². The molecule has 1 heterocycles.